The molecule has 94 valence electrons. The number of H-pyrrole nitrogens is 1. The van der Waals surface area contributed by atoms with Crippen LogP contribution in [0, 0.1) is 5.82 Å². The molecule has 0 atom stereocenters. The number of aromatic nitrogens is 2. The monoisotopic (exact) mass is 248 g/mol. The summed E-state index contributed by atoms with van der Waals surface area (Å²) in [4.78, 5) is 11.9. The minimum Gasteiger partial charge on any atom is -0.398 e. The topological polar surface area (TPSA) is 83.8 Å². The van der Waals surface area contributed by atoms with E-state index in [1.54, 1.807) is 6.20 Å². The SMILES string of the molecule is CCc1cn[nH]c1NC(=O)c1cc(F)ccc1N. The highest BCUT2D eigenvalue weighted by atomic mass is 19.1. The number of hydrogen-bond donors (Lipinski definition) is 3. The van der Waals surface area contributed by atoms with Gasteiger partial charge >= 0.3 is 0 Å². The first-order chi connectivity index (χ1) is 8.61. The molecule has 0 aliphatic rings. The molecule has 0 radical (unpaired) electrons. The van der Waals surface area contributed by atoms with Crippen LogP contribution in [0.3, 0.4) is 0 Å². The second-order valence-electron chi connectivity index (χ2n) is 3.81. The summed E-state index contributed by atoms with van der Waals surface area (Å²) in [6.45, 7) is 1.94. The van der Waals surface area contributed by atoms with Crippen molar-refractivity contribution in [3.8, 4) is 0 Å². The molecule has 2 aromatic rings. The van der Waals surface area contributed by atoms with Crippen molar-refractivity contribution in [2.75, 3.05) is 11.1 Å². The van der Waals surface area contributed by atoms with Crippen LogP contribution in [0.1, 0.15) is 22.8 Å². The molecule has 0 saturated heterocycles. The van der Waals surface area contributed by atoms with Crippen LogP contribution in [0.5, 0.6) is 0 Å². The Kier molecular flexibility index (Phi) is 3.27. The van der Waals surface area contributed by atoms with Crippen molar-refractivity contribution in [3.05, 3.63) is 41.3 Å². The molecule has 1 aromatic carbocycles. The average Bonchev–Trinajstić information content (AvgIpc) is 2.79. The van der Waals surface area contributed by atoms with Crippen LogP contribution in [0.2, 0.25) is 0 Å². The summed E-state index contributed by atoms with van der Waals surface area (Å²) in [5.41, 5.74) is 6.84. The molecule has 0 saturated carbocycles. The van der Waals surface area contributed by atoms with Gasteiger partial charge in [-0.2, -0.15) is 5.10 Å². The van der Waals surface area contributed by atoms with Gasteiger partial charge in [0, 0.05) is 11.3 Å². The molecule has 0 unspecified atom stereocenters. The third-order valence-corrected chi connectivity index (χ3v) is 2.60. The second kappa shape index (κ2) is 4.87. The lowest BCUT2D eigenvalue weighted by Crippen LogP contribution is -2.15. The van der Waals surface area contributed by atoms with Gasteiger partial charge in [0.2, 0.25) is 0 Å². The zero-order valence-electron chi connectivity index (χ0n) is 9.83. The zero-order chi connectivity index (χ0) is 13.1. The molecule has 5 nitrogen and oxygen atoms in total. The van der Waals surface area contributed by atoms with E-state index in [2.05, 4.69) is 15.5 Å². The largest absolute Gasteiger partial charge is 0.398 e. The Balaban J connectivity index is 2.25. The van der Waals surface area contributed by atoms with Gasteiger partial charge in [0.15, 0.2) is 0 Å². The van der Waals surface area contributed by atoms with E-state index < -0.39 is 11.7 Å². The summed E-state index contributed by atoms with van der Waals surface area (Å²) in [7, 11) is 0. The Labute approximate surface area is 103 Å². The van der Waals surface area contributed by atoms with Gasteiger partial charge in [-0.05, 0) is 24.6 Å². The van der Waals surface area contributed by atoms with Gasteiger partial charge in [-0.1, -0.05) is 6.92 Å². The first kappa shape index (κ1) is 12.1. The van der Waals surface area contributed by atoms with Gasteiger partial charge in [0.05, 0.1) is 11.8 Å². The molecule has 0 fully saturated rings. The molecule has 0 spiro atoms. The number of nitrogens with one attached hydrogen (secondary N) is 2. The van der Waals surface area contributed by atoms with Crippen LogP contribution in [0.15, 0.2) is 24.4 Å². The van der Waals surface area contributed by atoms with Crippen molar-refractivity contribution in [1.29, 1.82) is 0 Å². The smallest absolute Gasteiger partial charge is 0.259 e. The van der Waals surface area contributed by atoms with E-state index >= 15 is 0 Å². The van der Waals surface area contributed by atoms with Crippen molar-refractivity contribution < 1.29 is 9.18 Å². The van der Waals surface area contributed by atoms with E-state index in [0.29, 0.717) is 5.82 Å². The molecule has 0 aliphatic heterocycles. The lowest BCUT2D eigenvalue weighted by atomic mass is 10.1. The van der Waals surface area contributed by atoms with Gasteiger partial charge in [0.1, 0.15) is 11.6 Å². The van der Waals surface area contributed by atoms with Crippen molar-refractivity contribution in [3.63, 3.8) is 0 Å². The number of aromatic amines is 1. The maximum Gasteiger partial charge on any atom is 0.259 e. The number of nitrogens with two attached hydrogens (primary N) is 1. The number of rotatable bonds is 3. The lowest BCUT2D eigenvalue weighted by Gasteiger charge is -2.07. The van der Waals surface area contributed by atoms with E-state index in [9.17, 15) is 9.18 Å². The van der Waals surface area contributed by atoms with E-state index in [0.717, 1.165) is 18.1 Å². The average molecular weight is 248 g/mol. The summed E-state index contributed by atoms with van der Waals surface area (Å²) in [6, 6.07) is 3.67. The van der Waals surface area contributed by atoms with E-state index in [-0.39, 0.29) is 11.3 Å². The van der Waals surface area contributed by atoms with Gasteiger partial charge in [-0.25, -0.2) is 4.39 Å². The zero-order valence-corrected chi connectivity index (χ0v) is 9.83. The van der Waals surface area contributed by atoms with Gasteiger partial charge in [-0.3, -0.25) is 9.89 Å². The maximum absolute atomic E-state index is 13.1. The molecule has 2 rings (SSSR count). The van der Waals surface area contributed by atoms with E-state index in [4.69, 9.17) is 5.73 Å². The predicted molar refractivity (Wildman–Crippen MR) is 66.7 cm³/mol. The molecule has 1 aromatic heterocycles. The van der Waals surface area contributed by atoms with Crippen LogP contribution >= 0.6 is 0 Å². The summed E-state index contributed by atoms with van der Waals surface area (Å²) in [5, 5.41) is 9.13. The molecular weight excluding hydrogens is 235 g/mol. The van der Waals surface area contributed by atoms with Crippen LogP contribution in [-0.4, -0.2) is 16.1 Å². The third kappa shape index (κ3) is 2.32. The number of nitrogens with zero attached hydrogens (tertiary/aromatic N) is 1. The third-order valence-electron chi connectivity index (χ3n) is 2.60. The minimum atomic E-state index is -0.505. The second-order valence-corrected chi connectivity index (χ2v) is 3.81. The summed E-state index contributed by atoms with van der Waals surface area (Å²) < 4.78 is 13.1. The number of anilines is 2. The van der Waals surface area contributed by atoms with E-state index in [1.165, 1.54) is 12.1 Å². The van der Waals surface area contributed by atoms with Crippen molar-refractivity contribution in [1.82, 2.24) is 10.2 Å². The number of amides is 1. The van der Waals surface area contributed by atoms with Crippen LogP contribution in [-0.2, 0) is 6.42 Å². The fourth-order valence-corrected chi connectivity index (χ4v) is 1.59. The minimum absolute atomic E-state index is 0.103. The molecule has 6 heteroatoms. The van der Waals surface area contributed by atoms with Crippen molar-refractivity contribution in [2.45, 2.75) is 13.3 Å². The summed E-state index contributed by atoms with van der Waals surface area (Å²) in [6.07, 6.45) is 2.36. The molecule has 1 amide bonds. The number of carbonyl (C=O) groups excluding carboxylic acids is 1. The maximum atomic E-state index is 13.1. The highest BCUT2D eigenvalue weighted by Crippen LogP contribution is 2.17. The lowest BCUT2D eigenvalue weighted by molar-refractivity contribution is 0.102. The number of benzene rings is 1. The Morgan fingerprint density at radius 2 is 2.33 bits per heavy atom. The molecule has 0 aliphatic carbocycles. The van der Waals surface area contributed by atoms with E-state index in [1.807, 2.05) is 6.92 Å². The first-order valence-corrected chi connectivity index (χ1v) is 5.50. The highest BCUT2D eigenvalue weighted by Gasteiger charge is 2.13. The predicted octanol–water partition coefficient (Wildman–Crippen LogP) is 1.95. The molecule has 1 heterocycles. The van der Waals surface area contributed by atoms with Crippen molar-refractivity contribution >= 4 is 17.4 Å². The first-order valence-electron chi connectivity index (χ1n) is 5.50. The van der Waals surface area contributed by atoms with Crippen LogP contribution in [0.25, 0.3) is 0 Å². The quantitative estimate of drug-likeness (QED) is 0.726. The van der Waals surface area contributed by atoms with Crippen molar-refractivity contribution in [2.24, 2.45) is 0 Å². The van der Waals surface area contributed by atoms with Gasteiger partial charge < -0.3 is 11.1 Å². The number of halogens is 1. The fourth-order valence-electron chi connectivity index (χ4n) is 1.59. The fraction of sp³-hybridized carbons (Fsp3) is 0.167. The number of nitrogen functional groups attached to an aromatic ring is 1. The number of hydrogen-bond acceptors (Lipinski definition) is 3. The Hall–Kier alpha value is -2.37. The number of carbonyl (C=O) groups is 1. The molecular formula is C12H13FN4O. The Morgan fingerprint density at radius 1 is 1.56 bits per heavy atom. The summed E-state index contributed by atoms with van der Waals surface area (Å²) in [5.74, 6) is -0.466. The molecule has 4 N–H and O–H groups in total. The van der Waals surface area contributed by atoms with Gasteiger partial charge in [0.25, 0.3) is 5.91 Å². The normalized spacial score (nSPS) is 10.3. The molecule has 0 bridgehead atoms. The van der Waals surface area contributed by atoms with Crippen LogP contribution in [0.4, 0.5) is 15.9 Å². The molecule has 18 heavy (non-hydrogen) atoms. The number of aryl methyl sites for hydroxylation is 1. The highest BCUT2D eigenvalue weighted by molar-refractivity contribution is 6.07. The van der Waals surface area contributed by atoms with Crippen LogP contribution < -0.4 is 11.1 Å². The Morgan fingerprint density at radius 3 is 3.06 bits per heavy atom. The van der Waals surface area contributed by atoms with Gasteiger partial charge in [-0.15, -0.1) is 0 Å². The Bertz CT molecular complexity index is 579. The standard InChI is InChI=1S/C12H13FN4O/c1-2-7-6-15-17-11(7)16-12(18)9-5-8(13)3-4-10(9)14/h3-6H,2,14H2,1H3,(H2,15,16,17,18). The summed E-state index contributed by atoms with van der Waals surface area (Å²) >= 11 is 0.